The summed E-state index contributed by atoms with van der Waals surface area (Å²) in [4.78, 5) is 0. The standard InChI is InChI=1S/C12H16N2O/c1-3-15-8-9-7-14(2)12-5-4-10(13)6-11(9)12/h4-7H,3,8,13H2,1-2H3. The number of nitrogens with two attached hydrogens (primary N) is 1. The van der Waals surface area contributed by atoms with Gasteiger partial charge in [-0.1, -0.05) is 0 Å². The van der Waals surface area contributed by atoms with E-state index in [1.165, 1.54) is 16.5 Å². The van der Waals surface area contributed by atoms with Gasteiger partial charge >= 0.3 is 0 Å². The largest absolute Gasteiger partial charge is 0.399 e. The van der Waals surface area contributed by atoms with E-state index < -0.39 is 0 Å². The summed E-state index contributed by atoms with van der Waals surface area (Å²) in [6.07, 6.45) is 2.10. The predicted octanol–water partition coefficient (Wildman–Crippen LogP) is 2.30. The molecule has 1 heterocycles. The predicted molar refractivity (Wildman–Crippen MR) is 62.7 cm³/mol. The second kappa shape index (κ2) is 3.95. The molecule has 15 heavy (non-hydrogen) atoms. The monoisotopic (exact) mass is 204 g/mol. The highest BCUT2D eigenvalue weighted by molar-refractivity contribution is 5.86. The molecule has 0 amide bonds. The summed E-state index contributed by atoms with van der Waals surface area (Å²) in [5.74, 6) is 0. The van der Waals surface area contributed by atoms with Gasteiger partial charge in [-0.3, -0.25) is 0 Å². The normalized spacial score (nSPS) is 11.1. The summed E-state index contributed by atoms with van der Waals surface area (Å²) in [5, 5.41) is 1.19. The third-order valence-corrected chi connectivity index (χ3v) is 2.56. The fourth-order valence-electron chi connectivity index (χ4n) is 1.82. The molecule has 0 spiro atoms. The first-order valence-electron chi connectivity index (χ1n) is 5.13. The number of nitrogens with zero attached hydrogens (tertiary/aromatic N) is 1. The van der Waals surface area contributed by atoms with Crippen LogP contribution in [0.15, 0.2) is 24.4 Å². The number of hydrogen-bond donors (Lipinski definition) is 1. The number of rotatable bonds is 3. The van der Waals surface area contributed by atoms with E-state index in [0.717, 1.165) is 12.3 Å². The Labute approximate surface area is 89.4 Å². The van der Waals surface area contributed by atoms with Gasteiger partial charge in [0.15, 0.2) is 0 Å². The van der Waals surface area contributed by atoms with Crippen molar-refractivity contribution in [2.45, 2.75) is 13.5 Å². The maximum Gasteiger partial charge on any atom is 0.0737 e. The van der Waals surface area contributed by atoms with Crippen molar-refractivity contribution >= 4 is 16.6 Å². The SMILES string of the molecule is CCOCc1cn(C)c2ccc(N)cc12. The zero-order chi connectivity index (χ0) is 10.8. The number of aryl methyl sites for hydroxylation is 1. The quantitative estimate of drug-likeness (QED) is 0.779. The Bertz CT molecular complexity index is 474. The molecule has 2 rings (SSSR count). The summed E-state index contributed by atoms with van der Waals surface area (Å²) < 4.78 is 7.53. The third kappa shape index (κ3) is 1.83. The van der Waals surface area contributed by atoms with Crippen LogP contribution in [0.25, 0.3) is 10.9 Å². The first-order valence-corrected chi connectivity index (χ1v) is 5.13. The van der Waals surface area contributed by atoms with Crippen LogP contribution >= 0.6 is 0 Å². The molecule has 3 heteroatoms. The average Bonchev–Trinajstić information content (AvgIpc) is 2.52. The van der Waals surface area contributed by atoms with Crippen molar-refractivity contribution in [1.82, 2.24) is 4.57 Å². The lowest BCUT2D eigenvalue weighted by atomic mass is 10.1. The molecule has 0 bridgehead atoms. The van der Waals surface area contributed by atoms with Crippen molar-refractivity contribution in [2.24, 2.45) is 7.05 Å². The molecule has 0 aliphatic carbocycles. The molecule has 0 unspecified atom stereocenters. The smallest absolute Gasteiger partial charge is 0.0737 e. The molecule has 1 aromatic carbocycles. The summed E-state index contributed by atoms with van der Waals surface area (Å²) in [6.45, 7) is 3.38. The van der Waals surface area contributed by atoms with Gasteiger partial charge in [0.05, 0.1) is 6.61 Å². The van der Waals surface area contributed by atoms with Crippen LogP contribution in [-0.4, -0.2) is 11.2 Å². The lowest BCUT2D eigenvalue weighted by Gasteiger charge is -2.00. The summed E-state index contributed by atoms with van der Waals surface area (Å²) >= 11 is 0. The molecule has 0 saturated heterocycles. The molecular formula is C12H16N2O. The van der Waals surface area contributed by atoms with E-state index in [1.807, 2.05) is 32.2 Å². The molecule has 0 fully saturated rings. The van der Waals surface area contributed by atoms with Gasteiger partial charge in [-0.2, -0.15) is 0 Å². The Balaban J connectivity index is 2.49. The van der Waals surface area contributed by atoms with E-state index in [1.54, 1.807) is 0 Å². The van der Waals surface area contributed by atoms with Gasteiger partial charge in [0.25, 0.3) is 0 Å². The van der Waals surface area contributed by atoms with Crippen molar-refractivity contribution in [3.63, 3.8) is 0 Å². The zero-order valence-electron chi connectivity index (χ0n) is 9.16. The van der Waals surface area contributed by atoms with E-state index in [-0.39, 0.29) is 0 Å². The number of aromatic nitrogens is 1. The molecule has 0 saturated carbocycles. The number of benzene rings is 1. The Morgan fingerprint density at radius 2 is 2.20 bits per heavy atom. The van der Waals surface area contributed by atoms with Gasteiger partial charge in [-0.05, 0) is 25.1 Å². The van der Waals surface area contributed by atoms with E-state index >= 15 is 0 Å². The van der Waals surface area contributed by atoms with Crippen LogP contribution in [0.2, 0.25) is 0 Å². The number of ether oxygens (including phenoxy) is 1. The van der Waals surface area contributed by atoms with Gasteiger partial charge in [0.1, 0.15) is 0 Å². The molecule has 0 radical (unpaired) electrons. The molecule has 0 aliphatic rings. The van der Waals surface area contributed by atoms with Crippen molar-refractivity contribution in [1.29, 1.82) is 0 Å². The van der Waals surface area contributed by atoms with Crippen LogP contribution in [-0.2, 0) is 18.4 Å². The topological polar surface area (TPSA) is 40.2 Å². The average molecular weight is 204 g/mol. The number of fused-ring (bicyclic) bond motifs is 1. The molecule has 0 aliphatic heterocycles. The minimum atomic E-state index is 0.650. The van der Waals surface area contributed by atoms with Gasteiger partial charge in [-0.25, -0.2) is 0 Å². The minimum Gasteiger partial charge on any atom is -0.399 e. The number of nitrogen functional groups attached to an aromatic ring is 1. The number of hydrogen-bond acceptors (Lipinski definition) is 2. The van der Waals surface area contributed by atoms with Gasteiger partial charge in [0.2, 0.25) is 0 Å². The Hall–Kier alpha value is -1.48. The summed E-state index contributed by atoms with van der Waals surface area (Å²) in [7, 11) is 2.04. The molecule has 0 atom stereocenters. The molecule has 3 nitrogen and oxygen atoms in total. The first kappa shape index (κ1) is 10.1. The molecule has 2 aromatic rings. The lowest BCUT2D eigenvalue weighted by Crippen LogP contribution is -1.90. The Morgan fingerprint density at radius 1 is 1.40 bits per heavy atom. The summed E-state index contributed by atoms with van der Waals surface area (Å²) in [5.41, 5.74) is 8.97. The zero-order valence-corrected chi connectivity index (χ0v) is 9.16. The van der Waals surface area contributed by atoms with Gasteiger partial charge in [0, 0.05) is 42.0 Å². The molecule has 80 valence electrons. The Kier molecular flexibility index (Phi) is 2.64. The van der Waals surface area contributed by atoms with Crippen molar-refractivity contribution in [3.05, 3.63) is 30.0 Å². The van der Waals surface area contributed by atoms with Crippen LogP contribution in [0.4, 0.5) is 5.69 Å². The molecule has 2 N–H and O–H groups in total. The van der Waals surface area contributed by atoms with Crippen LogP contribution in [0.1, 0.15) is 12.5 Å². The van der Waals surface area contributed by atoms with Crippen LogP contribution in [0, 0.1) is 0 Å². The Morgan fingerprint density at radius 3 is 2.93 bits per heavy atom. The van der Waals surface area contributed by atoms with Crippen molar-refractivity contribution in [3.8, 4) is 0 Å². The molecule has 1 aromatic heterocycles. The van der Waals surface area contributed by atoms with E-state index in [4.69, 9.17) is 10.5 Å². The van der Waals surface area contributed by atoms with Crippen molar-refractivity contribution < 1.29 is 4.74 Å². The second-order valence-electron chi connectivity index (χ2n) is 3.68. The second-order valence-corrected chi connectivity index (χ2v) is 3.68. The van der Waals surface area contributed by atoms with Gasteiger partial charge in [-0.15, -0.1) is 0 Å². The minimum absolute atomic E-state index is 0.650. The maximum absolute atomic E-state index is 5.78. The van der Waals surface area contributed by atoms with E-state index in [2.05, 4.69) is 10.8 Å². The fraction of sp³-hybridized carbons (Fsp3) is 0.333. The van der Waals surface area contributed by atoms with Crippen molar-refractivity contribution in [2.75, 3.05) is 12.3 Å². The lowest BCUT2D eigenvalue weighted by molar-refractivity contribution is 0.135. The highest BCUT2D eigenvalue weighted by atomic mass is 16.5. The summed E-state index contributed by atoms with van der Waals surface area (Å²) in [6, 6.07) is 5.97. The van der Waals surface area contributed by atoms with E-state index in [9.17, 15) is 0 Å². The fourth-order valence-corrected chi connectivity index (χ4v) is 1.82. The first-order chi connectivity index (χ1) is 7.22. The molecular weight excluding hydrogens is 188 g/mol. The van der Waals surface area contributed by atoms with Crippen LogP contribution < -0.4 is 5.73 Å². The highest BCUT2D eigenvalue weighted by Gasteiger charge is 2.06. The van der Waals surface area contributed by atoms with Crippen LogP contribution in [0.3, 0.4) is 0 Å². The van der Waals surface area contributed by atoms with Gasteiger partial charge < -0.3 is 15.0 Å². The van der Waals surface area contributed by atoms with Crippen LogP contribution in [0.5, 0.6) is 0 Å². The number of anilines is 1. The third-order valence-electron chi connectivity index (χ3n) is 2.56. The van der Waals surface area contributed by atoms with E-state index in [0.29, 0.717) is 6.61 Å². The maximum atomic E-state index is 5.78. The highest BCUT2D eigenvalue weighted by Crippen LogP contribution is 2.23.